The van der Waals surface area contributed by atoms with Gasteiger partial charge in [0.05, 0.1) is 6.10 Å². The average Bonchev–Trinajstić information content (AvgIpc) is 2.65. The van der Waals surface area contributed by atoms with Gasteiger partial charge in [0.25, 0.3) is 5.91 Å². The predicted molar refractivity (Wildman–Crippen MR) is 55.6 cm³/mol. The summed E-state index contributed by atoms with van der Waals surface area (Å²) >= 11 is 0. The molecule has 5 nitrogen and oxygen atoms in total. The molecule has 0 saturated carbocycles. The standard InChI is InChI=1S/C10H13N3O2/c11-10(15)8-2-1-3-9(12-8)13-5-4-7(14)6-13/h1-3,7,14H,4-6H2,(H2,11,15). The summed E-state index contributed by atoms with van der Waals surface area (Å²) in [6.07, 6.45) is 0.437. The molecule has 0 radical (unpaired) electrons. The van der Waals surface area contributed by atoms with Gasteiger partial charge < -0.3 is 15.7 Å². The molecule has 1 fully saturated rings. The Kier molecular flexibility index (Phi) is 2.55. The summed E-state index contributed by atoms with van der Waals surface area (Å²) in [5, 5.41) is 9.38. The number of β-amino-alcohol motifs (C(OH)–C–C–N with tert-alkyl or cyclic N) is 1. The van der Waals surface area contributed by atoms with Gasteiger partial charge in [-0.05, 0) is 18.6 Å². The molecule has 1 aliphatic rings. The SMILES string of the molecule is NC(=O)c1cccc(N2CCC(O)C2)n1. The first-order chi connectivity index (χ1) is 7.16. The zero-order chi connectivity index (χ0) is 10.8. The summed E-state index contributed by atoms with van der Waals surface area (Å²) in [5.74, 6) is 0.166. The Bertz CT molecular complexity index is 381. The molecule has 1 saturated heterocycles. The van der Waals surface area contributed by atoms with E-state index >= 15 is 0 Å². The van der Waals surface area contributed by atoms with Crippen molar-refractivity contribution in [1.29, 1.82) is 0 Å². The minimum Gasteiger partial charge on any atom is -0.391 e. The van der Waals surface area contributed by atoms with Crippen LogP contribution in [0.2, 0.25) is 0 Å². The lowest BCUT2D eigenvalue weighted by Crippen LogP contribution is -2.23. The van der Waals surface area contributed by atoms with Crippen molar-refractivity contribution in [2.45, 2.75) is 12.5 Å². The van der Waals surface area contributed by atoms with E-state index in [1.807, 2.05) is 11.0 Å². The molecule has 2 heterocycles. The lowest BCUT2D eigenvalue weighted by Gasteiger charge is -2.16. The monoisotopic (exact) mass is 207 g/mol. The molecule has 1 aromatic heterocycles. The van der Waals surface area contributed by atoms with E-state index in [1.54, 1.807) is 12.1 Å². The van der Waals surface area contributed by atoms with Crippen molar-refractivity contribution in [3.8, 4) is 0 Å². The summed E-state index contributed by atoms with van der Waals surface area (Å²) < 4.78 is 0. The fraction of sp³-hybridized carbons (Fsp3) is 0.400. The van der Waals surface area contributed by atoms with Crippen LogP contribution >= 0.6 is 0 Å². The largest absolute Gasteiger partial charge is 0.391 e. The molecule has 15 heavy (non-hydrogen) atoms. The number of nitrogens with two attached hydrogens (primary N) is 1. The Labute approximate surface area is 87.5 Å². The molecule has 2 rings (SSSR count). The van der Waals surface area contributed by atoms with E-state index in [-0.39, 0.29) is 11.8 Å². The van der Waals surface area contributed by atoms with Crippen LogP contribution in [0.1, 0.15) is 16.9 Å². The maximum absolute atomic E-state index is 10.9. The number of hydrogen-bond donors (Lipinski definition) is 2. The third-order valence-corrected chi connectivity index (χ3v) is 2.47. The summed E-state index contributed by atoms with van der Waals surface area (Å²) in [6, 6.07) is 5.13. The Hall–Kier alpha value is -1.62. The van der Waals surface area contributed by atoms with E-state index in [2.05, 4.69) is 4.98 Å². The number of nitrogens with zero attached hydrogens (tertiary/aromatic N) is 2. The van der Waals surface area contributed by atoms with Gasteiger partial charge in [0, 0.05) is 13.1 Å². The van der Waals surface area contributed by atoms with Gasteiger partial charge in [-0.15, -0.1) is 0 Å². The van der Waals surface area contributed by atoms with Crippen molar-refractivity contribution in [2.75, 3.05) is 18.0 Å². The van der Waals surface area contributed by atoms with E-state index in [0.717, 1.165) is 13.0 Å². The van der Waals surface area contributed by atoms with Gasteiger partial charge in [-0.25, -0.2) is 4.98 Å². The number of rotatable bonds is 2. The minimum absolute atomic E-state index is 0.258. The highest BCUT2D eigenvalue weighted by Gasteiger charge is 2.21. The summed E-state index contributed by atoms with van der Waals surface area (Å²) in [4.78, 5) is 17.0. The molecule has 1 unspecified atom stereocenters. The smallest absolute Gasteiger partial charge is 0.267 e. The Morgan fingerprint density at radius 2 is 2.40 bits per heavy atom. The van der Waals surface area contributed by atoms with Crippen LogP contribution in [0, 0.1) is 0 Å². The van der Waals surface area contributed by atoms with E-state index in [4.69, 9.17) is 5.73 Å². The van der Waals surface area contributed by atoms with Crippen molar-refractivity contribution in [2.24, 2.45) is 5.73 Å². The van der Waals surface area contributed by atoms with Crippen molar-refractivity contribution in [3.05, 3.63) is 23.9 Å². The second-order valence-electron chi connectivity index (χ2n) is 3.63. The highest BCUT2D eigenvalue weighted by Crippen LogP contribution is 2.17. The summed E-state index contributed by atoms with van der Waals surface area (Å²) in [5.41, 5.74) is 5.40. The topological polar surface area (TPSA) is 79.5 Å². The fourth-order valence-electron chi connectivity index (χ4n) is 1.69. The van der Waals surface area contributed by atoms with E-state index in [9.17, 15) is 9.90 Å². The van der Waals surface area contributed by atoms with E-state index in [0.29, 0.717) is 12.4 Å². The average molecular weight is 207 g/mol. The third kappa shape index (κ3) is 2.07. The number of aliphatic hydroxyl groups is 1. The molecule has 0 aliphatic carbocycles. The Morgan fingerprint density at radius 3 is 3.00 bits per heavy atom. The lowest BCUT2D eigenvalue weighted by atomic mass is 10.3. The quantitative estimate of drug-likeness (QED) is 0.701. The number of pyridine rings is 1. The van der Waals surface area contributed by atoms with Crippen LogP contribution in [-0.4, -0.2) is 35.2 Å². The molecule has 0 aromatic carbocycles. The minimum atomic E-state index is -0.531. The van der Waals surface area contributed by atoms with Crippen LogP contribution < -0.4 is 10.6 Å². The van der Waals surface area contributed by atoms with Crippen LogP contribution in [0.5, 0.6) is 0 Å². The molecule has 1 aliphatic heterocycles. The van der Waals surface area contributed by atoms with Crippen molar-refractivity contribution < 1.29 is 9.90 Å². The predicted octanol–water partition coefficient (Wildman–Crippen LogP) is -0.249. The van der Waals surface area contributed by atoms with Crippen LogP contribution in [0.15, 0.2) is 18.2 Å². The second-order valence-corrected chi connectivity index (χ2v) is 3.63. The molecule has 1 atom stereocenters. The summed E-state index contributed by atoms with van der Waals surface area (Å²) in [7, 11) is 0. The molecule has 5 heteroatoms. The van der Waals surface area contributed by atoms with Gasteiger partial charge in [-0.2, -0.15) is 0 Å². The molecule has 0 bridgehead atoms. The zero-order valence-electron chi connectivity index (χ0n) is 8.26. The molecular formula is C10H13N3O2. The molecule has 1 amide bonds. The first kappa shape index (κ1) is 9.92. The maximum Gasteiger partial charge on any atom is 0.267 e. The molecule has 0 spiro atoms. The molecule has 80 valence electrons. The molecular weight excluding hydrogens is 194 g/mol. The van der Waals surface area contributed by atoms with Gasteiger partial charge in [-0.1, -0.05) is 6.07 Å². The number of carbonyl (C=O) groups excluding carboxylic acids is 1. The zero-order valence-corrected chi connectivity index (χ0v) is 8.26. The van der Waals surface area contributed by atoms with Crippen LogP contribution in [0.25, 0.3) is 0 Å². The van der Waals surface area contributed by atoms with Crippen LogP contribution in [0.4, 0.5) is 5.82 Å². The first-order valence-electron chi connectivity index (χ1n) is 4.86. The van der Waals surface area contributed by atoms with Gasteiger partial charge in [0.2, 0.25) is 0 Å². The second kappa shape index (κ2) is 3.86. The van der Waals surface area contributed by atoms with Gasteiger partial charge in [0.15, 0.2) is 0 Å². The van der Waals surface area contributed by atoms with Crippen molar-refractivity contribution >= 4 is 11.7 Å². The number of amides is 1. The number of primary amides is 1. The summed E-state index contributed by atoms with van der Waals surface area (Å²) in [6.45, 7) is 1.32. The van der Waals surface area contributed by atoms with Gasteiger partial charge in [0.1, 0.15) is 11.5 Å². The van der Waals surface area contributed by atoms with Crippen molar-refractivity contribution in [1.82, 2.24) is 4.98 Å². The van der Waals surface area contributed by atoms with E-state index in [1.165, 1.54) is 0 Å². The van der Waals surface area contributed by atoms with Crippen molar-refractivity contribution in [3.63, 3.8) is 0 Å². The number of hydrogen-bond acceptors (Lipinski definition) is 4. The van der Waals surface area contributed by atoms with Gasteiger partial charge in [-0.3, -0.25) is 4.79 Å². The Morgan fingerprint density at radius 1 is 1.60 bits per heavy atom. The number of carbonyl (C=O) groups is 1. The third-order valence-electron chi connectivity index (χ3n) is 2.47. The number of aliphatic hydroxyl groups excluding tert-OH is 1. The Balaban J connectivity index is 2.21. The van der Waals surface area contributed by atoms with Crippen LogP contribution in [-0.2, 0) is 0 Å². The van der Waals surface area contributed by atoms with E-state index < -0.39 is 5.91 Å². The fourth-order valence-corrected chi connectivity index (χ4v) is 1.69. The van der Waals surface area contributed by atoms with Crippen LogP contribution in [0.3, 0.4) is 0 Å². The highest BCUT2D eigenvalue weighted by atomic mass is 16.3. The highest BCUT2D eigenvalue weighted by molar-refractivity contribution is 5.91. The molecule has 3 N–H and O–H groups in total. The number of anilines is 1. The first-order valence-corrected chi connectivity index (χ1v) is 4.86. The normalized spacial score (nSPS) is 20.6. The number of aromatic nitrogens is 1. The maximum atomic E-state index is 10.9. The molecule has 1 aromatic rings. The lowest BCUT2D eigenvalue weighted by molar-refractivity contribution is 0.0995. The van der Waals surface area contributed by atoms with Gasteiger partial charge >= 0.3 is 0 Å².